The second-order valence-electron chi connectivity index (χ2n) is 6.61. The Morgan fingerprint density at radius 1 is 1.17 bits per heavy atom. The van der Waals surface area contributed by atoms with Gasteiger partial charge in [-0.3, -0.25) is 4.55 Å². The first-order chi connectivity index (χ1) is 10.7. The summed E-state index contributed by atoms with van der Waals surface area (Å²) >= 11 is 0. The minimum absolute atomic E-state index is 0.159. The molecule has 0 bridgehead atoms. The molecule has 23 heavy (non-hydrogen) atoms. The van der Waals surface area contributed by atoms with Crippen LogP contribution in [0.4, 0.5) is 0 Å². The smallest absolute Gasteiger partial charge is 0.397 e. The average molecular weight is 344 g/mol. The predicted molar refractivity (Wildman–Crippen MR) is 85.9 cm³/mol. The van der Waals surface area contributed by atoms with Gasteiger partial charge in [0.05, 0.1) is 12.7 Å². The summed E-state index contributed by atoms with van der Waals surface area (Å²) in [5.74, 6) is 0.672. The van der Waals surface area contributed by atoms with Crippen LogP contribution in [0, 0.1) is 0 Å². The zero-order chi connectivity index (χ0) is 17.1. The number of aliphatic hydroxyl groups is 1. The van der Waals surface area contributed by atoms with Gasteiger partial charge in [-0.05, 0) is 37.0 Å². The first-order valence-electron chi connectivity index (χ1n) is 7.74. The minimum atomic E-state index is -4.45. The first-order valence-corrected chi connectivity index (χ1v) is 9.11. The van der Waals surface area contributed by atoms with E-state index < -0.39 is 21.9 Å². The van der Waals surface area contributed by atoms with E-state index in [1.807, 2.05) is 26.0 Å². The van der Waals surface area contributed by atoms with Gasteiger partial charge in [0.25, 0.3) is 0 Å². The quantitative estimate of drug-likeness (QED) is 0.770. The zero-order valence-electron chi connectivity index (χ0n) is 13.4. The Balaban J connectivity index is 2.00. The Kier molecular flexibility index (Phi) is 5.67. The molecule has 130 valence electrons. The zero-order valence-corrected chi connectivity index (χ0v) is 14.3. The van der Waals surface area contributed by atoms with Crippen LogP contribution in [0.5, 0.6) is 5.75 Å². The molecule has 1 saturated carbocycles. The van der Waals surface area contributed by atoms with Gasteiger partial charge >= 0.3 is 10.4 Å². The van der Waals surface area contributed by atoms with Crippen LogP contribution in [-0.2, 0) is 20.0 Å². The van der Waals surface area contributed by atoms with E-state index in [-0.39, 0.29) is 12.7 Å². The first kappa shape index (κ1) is 18.2. The van der Waals surface area contributed by atoms with Gasteiger partial charge in [-0.2, -0.15) is 8.42 Å². The van der Waals surface area contributed by atoms with Crippen LogP contribution in [0.2, 0.25) is 0 Å². The third-order valence-corrected chi connectivity index (χ3v) is 4.58. The number of rotatable bonds is 6. The Hall–Kier alpha value is -1.15. The molecular formula is C16H24O6S. The predicted octanol–water partition coefficient (Wildman–Crippen LogP) is 2.47. The van der Waals surface area contributed by atoms with Crippen molar-refractivity contribution >= 4 is 10.4 Å². The van der Waals surface area contributed by atoms with E-state index in [1.54, 1.807) is 12.1 Å². The van der Waals surface area contributed by atoms with Crippen molar-refractivity contribution in [2.75, 3.05) is 6.61 Å². The van der Waals surface area contributed by atoms with Gasteiger partial charge in [-0.1, -0.05) is 32.4 Å². The highest BCUT2D eigenvalue weighted by Crippen LogP contribution is 2.28. The van der Waals surface area contributed by atoms with E-state index >= 15 is 0 Å². The SMILES string of the molecule is CC(C)(COS(=O)(=O)O)c1ccc(OC2CCCCC2O)cc1. The molecule has 0 aromatic heterocycles. The summed E-state index contributed by atoms with van der Waals surface area (Å²) in [4.78, 5) is 0. The standard InChI is InChI=1S/C16H24O6S/c1-16(2,11-21-23(18,19)20)12-7-9-13(10-8-12)22-15-6-4-3-5-14(15)17/h7-10,14-15,17H,3-6,11H2,1-2H3,(H,18,19,20). The van der Waals surface area contributed by atoms with Crippen molar-refractivity contribution < 1.29 is 27.0 Å². The lowest BCUT2D eigenvalue weighted by Gasteiger charge is -2.29. The van der Waals surface area contributed by atoms with Gasteiger partial charge in [-0.15, -0.1) is 0 Å². The monoisotopic (exact) mass is 344 g/mol. The molecule has 0 aliphatic heterocycles. The molecular weight excluding hydrogens is 320 g/mol. The largest absolute Gasteiger partial charge is 0.488 e. The summed E-state index contributed by atoms with van der Waals surface area (Å²) in [5.41, 5.74) is 0.274. The van der Waals surface area contributed by atoms with Gasteiger partial charge in [-0.25, -0.2) is 4.18 Å². The topological polar surface area (TPSA) is 93.1 Å². The summed E-state index contributed by atoms with van der Waals surface area (Å²) in [6.07, 6.45) is 3.09. The maximum atomic E-state index is 10.7. The molecule has 7 heteroatoms. The summed E-state index contributed by atoms with van der Waals surface area (Å²) in [6, 6.07) is 7.26. The van der Waals surface area contributed by atoms with Crippen molar-refractivity contribution in [3.05, 3.63) is 29.8 Å². The molecule has 0 spiro atoms. The lowest BCUT2D eigenvalue weighted by molar-refractivity contribution is 0.00685. The lowest BCUT2D eigenvalue weighted by atomic mass is 9.86. The molecule has 1 fully saturated rings. The number of hydrogen-bond acceptors (Lipinski definition) is 5. The van der Waals surface area contributed by atoms with Crippen LogP contribution in [0.3, 0.4) is 0 Å². The fraction of sp³-hybridized carbons (Fsp3) is 0.625. The van der Waals surface area contributed by atoms with Crippen molar-refractivity contribution in [1.29, 1.82) is 0 Å². The fourth-order valence-electron chi connectivity index (χ4n) is 2.68. The maximum absolute atomic E-state index is 10.7. The van der Waals surface area contributed by atoms with Crippen molar-refractivity contribution in [3.63, 3.8) is 0 Å². The van der Waals surface area contributed by atoms with Gasteiger partial charge in [0.1, 0.15) is 11.9 Å². The maximum Gasteiger partial charge on any atom is 0.397 e. The third-order valence-electron chi connectivity index (χ3n) is 4.16. The van der Waals surface area contributed by atoms with E-state index in [1.165, 1.54) is 0 Å². The highest BCUT2D eigenvalue weighted by Gasteiger charge is 2.26. The van der Waals surface area contributed by atoms with Crippen LogP contribution < -0.4 is 4.74 Å². The molecule has 1 aliphatic rings. The molecule has 1 aliphatic carbocycles. The lowest BCUT2D eigenvalue weighted by Crippen LogP contribution is -2.34. The molecule has 0 saturated heterocycles. The van der Waals surface area contributed by atoms with E-state index in [0.717, 1.165) is 31.2 Å². The van der Waals surface area contributed by atoms with Gasteiger partial charge in [0.15, 0.2) is 0 Å². The molecule has 2 unspecified atom stereocenters. The number of aliphatic hydroxyl groups excluding tert-OH is 1. The Morgan fingerprint density at radius 3 is 2.35 bits per heavy atom. The average Bonchev–Trinajstić information content (AvgIpc) is 2.48. The molecule has 2 atom stereocenters. The molecule has 0 radical (unpaired) electrons. The number of hydrogen-bond donors (Lipinski definition) is 2. The van der Waals surface area contributed by atoms with E-state index in [2.05, 4.69) is 4.18 Å². The Morgan fingerprint density at radius 2 is 1.78 bits per heavy atom. The second kappa shape index (κ2) is 7.17. The van der Waals surface area contributed by atoms with Crippen LogP contribution in [0.15, 0.2) is 24.3 Å². The van der Waals surface area contributed by atoms with Crippen LogP contribution in [0.1, 0.15) is 45.1 Å². The van der Waals surface area contributed by atoms with Crippen LogP contribution >= 0.6 is 0 Å². The van der Waals surface area contributed by atoms with Crippen molar-refractivity contribution in [3.8, 4) is 5.75 Å². The third kappa shape index (κ3) is 5.46. The fourth-order valence-corrected chi connectivity index (χ4v) is 3.12. The molecule has 6 nitrogen and oxygen atoms in total. The van der Waals surface area contributed by atoms with Gasteiger partial charge < -0.3 is 9.84 Å². The Bertz CT molecular complexity index is 608. The van der Waals surface area contributed by atoms with Crippen LogP contribution in [-0.4, -0.2) is 36.9 Å². The number of benzene rings is 1. The van der Waals surface area contributed by atoms with E-state index in [4.69, 9.17) is 9.29 Å². The summed E-state index contributed by atoms with van der Waals surface area (Å²) < 4.78 is 40.4. The van der Waals surface area contributed by atoms with E-state index in [9.17, 15) is 13.5 Å². The highest BCUT2D eigenvalue weighted by atomic mass is 32.3. The molecule has 2 rings (SSSR count). The molecule has 1 aromatic carbocycles. The molecule has 1 aromatic rings. The Labute approximate surface area is 137 Å². The second-order valence-corrected chi connectivity index (χ2v) is 7.70. The summed E-state index contributed by atoms with van der Waals surface area (Å²) in [6.45, 7) is 3.48. The van der Waals surface area contributed by atoms with Crippen molar-refractivity contribution in [2.45, 2.75) is 57.2 Å². The van der Waals surface area contributed by atoms with Gasteiger partial charge in [0, 0.05) is 5.41 Å². The van der Waals surface area contributed by atoms with E-state index in [0.29, 0.717) is 5.75 Å². The summed E-state index contributed by atoms with van der Waals surface area (Å²) in [7, 11) is -4.45. The van der Waals surface area contributed by atoms with Crippen LogP contribution in [0.25, 0.3) is 0 Å². The highest BCUT2D eigenvalue weighted by molar-refractivity contribution is 7.80. The van der Waals surface area contributed by atoms with Crippen molar-refractivity contribution in [2.24, 2.45) is 0 Å². The molecule has 0 heterocycles. The summed E-state index contributed by atoms with van der Waals surface area (Å²) in [5, 5.41) is 9.94. The van der Waals surface area contributed by atoms with Gasteiger partial charge in [0.2, 0.25) is 0 Å². The molecule has 2 N–H and O–H groups in total. The number of ether oxygens (including phenoxy) is 1. The normalized spacial score (nSPS) is 22.8. The minimum Gasteiger partial charge on any atom is -0.488 e. The molecule has 0 amide bonds. The van der Waals surface area contributed by atoms with Crippen molar-refractivity contribution in [1.82, 2.24) is 0 Å².